The van der Waals surface area contributed by atoms with Gasteiger partial charge in [0.2, 0.25) is 0 Å². The predicted octanol–water partition coefficient (Wildman–Crippen LogP) is 2.39. The van der Waals surface area contributed by atoms with Gasteiger partial charge < -0.3 is 4.57 Å². The average molecular weight is 236 g/mol. The lowest BCUT2D eigenvalue weighted by Crippen LogP contribution is -2.01. The van der Waals surface area contributed by atoms with Crippen LogP contribution in [0.15, 0.2) is 61.4 Å². The van der Waals surface area contributed by atoms with Crippen LogP contribution in [0.2, 0.25) is 0 Å². The van der Waals surface area contributed by atoms with E-state index in [1.54, 1.807) is 18.6 Å². The van der Waals surface area contributed by atoms with Crippen molar-refractivity contribution in [3.05, 3.63) is 67.0 Å². The van der Waals surface area contributed by atoms with Crippen LogP contribution in [0.25, 0.3) is 11.4 Å². The molecule has 1 aromatic carbocycles. The highest BCUT2D eigenvalue weighted by Gasteiger charge is 2.06. The molecule has 0 N–H and O–H groups in total. The summed E-state index contributed by atoms with van der Waals surface area (Å²) in [4.78, 5) is 12.4. The third-order valence-electron chi connectivity index (χ3n) is 2.73. The lowest BCUT2D eigenvalue weighted by atomic mass is 10.2. The average Bonchev–Trinajstić information content (AvgIpc) is 2.89. The van der Waals surface area contributed by atoms with E-state index in [4.69, 9.17) is 0 Å². The molecular formula is C14H12N4. The third kappa shape index (κ3) is 2.13. The monoisotopic (exact) mass is 236 g/mol. The van der Waals surface area contributed by atoms with Crippen molar-refractivity contribution in [3.63, 3.8) is 0 Å². The molecule has 2 heterocycles. The van der Waals surface area contributed by atoms with E-state index < -0.39 is 0 Å². The number of hydrogen-bond acceptors (Lipinski definition) is 3. The molecule has 88 valence electrons. The second kappa shape index (κ2) is 4.79. The first-order valence-corrected chi connectivity index (χ1v) is 5.74. The smallest absolute Gasteiger partial charge is 0.143 e. The highest BCUT2D eigenvalue weighted by Crippen LogP contribution is 2.16. The highest BCUT2D eigenvalue weighted by molar-refractivity contribution is 5.52. The van der Waals surface area contributed by atoms with Crippen molar-refractivity contribution < 1.29 is 0 Å². The SMILES string of the molecule is c1ccc(Cn2ccnc2-c2cncnc2)cc1. The van der Waals surface area contributed by atoms with E-state index >= 15 is 0 Å². The Kier molecular flexibility index (Phi) is 2.84. The summed E-state index contributed by atoms with van der Waals surface area (Å²) in [5.41, 5.74) is 2.17. The lowest BCUT2D eigenvalue weighted by molar-refractivity contribution is 0.805. The molecule has 0 aliphatic heterocycles. The molecule has 0 amide bonds. The molecule has 0 bridgehead atoms. The van der Waals surface area contributed by atoms with Gasteiger partial charge in [0.05, 0.1) is 5.56 Å². The second-order valence-corrected chi connectivity index (χ2v) is 3.99. The fourth-order valence-corrected chi connectivity index (χ4v) is 1.89. The van der Waals surface area contributed by atoms with Gasteiger partial charge in [-0.05, 0) is 5.56 Å². The van der Waals surface area contributed by atoms with Gasteiger partial charge in [-0.25, -0.2) is 15.0 Å². The maximum Gasteiger partial charge on any atom is 0.143 e. The van der Waals surface area contributed by atoms with Gasteiger partial charge in [-0.2, -0.15) is 0 Å². The summed E-state index contributed by atoms with van der Waals surface area (Å²) in [7, 11) is 0. The molecule has 3 aromatic rings. The molecule has 0 saturated carbocycles. The number of hydrogen-bond donors (Lipinski definition) is 0. The fraction of sp³-hybridized carbons (Fsp3) is 0.0714. The van der Waals surface area contributed by atoms with Gasteiger partial charge in [0, 0.05) is 31.3 Å². The summed E-state index contributed by atoms with van der Waals surface area (Å²) in [5.74, 6) is 0.888. The van der Waals surface area contributed by atoms with Crippen LogP contribution in [0.3, 0.4) is 0 Å². The van der Waals surface area contributed by atoms with Crippen LogP contribution in [0.5, 0.6) is 0 Å². The van der Waals surface area contributed by atoms with E-state index in [0.29, 0.717) is 0 Å². The van der Waals surface area contributed by atoms with Gasteiger partial charge in [-0.3, -0.25) is 0 Å². The van der Waals surface area contributed by atoms with Crippen molar-refractivity contribution in [2.24, 2.45) is 0 Å². The van der Waals surface area contributed by atoms with Crippen LogP contribution in [0.1, 0.15) is 5.56 Å². The topological polar surface area (TPSA) is 43.6 Å². The summed E-state index contributed by atoms with van der Waals surface area (Å²) in [6, 6.07) is 10.3. The summed E-state index contributed by atoms with van der Waals surface area (Å²) in [5, 5.41) is 0. The molecule has 18 heavy (non-hydrogen) atoms. The largest absolute Gasteiger partial charge is 0.326 e. The molecule has 0 unspecified atom stereocenters. The molecule has 0 saturated heterocycles. The van der Waals surface area contributed by atoms with Gasteiger partial charge in [0.15, 0.2) is 0 Å². The number of benzene rings is 1. The van der Waals surface area contributed by atoms with E-state index in [9.17, 15) is 0 Å². The van der Waals surface area contributed by atoms with Gasteiger partial charge >= 0.3 is 0 Å². The molecule has 0 radical (unpaired) electrons. The van der Waals surface area contributed by atoms with E-state index in [1.165, 1.54) is 11.9 Å². The molecule has 0 fully saturated rings. The molecule has 3 rings (SSSR count). The molecule has 0 aliphatic carbocycles. The zero-order valence-electron chi connectivity index (χ0n) is 9.77. The number of imidazole rings is 1. The number of nitrogens with zero attached hydrogens (tertiary/aromatic N) is 4. The van der Waals surface area contributed by atoms with Gasteiger partial charge in [0.25, 0.3) is 0 Å². The van der Waals surface area contributed by atoms with E-state index in [1.807, 2.05) is 24.4 Å². The van der Waals surface area contributed by atoms with Gasteiger partial charge in [0.1, 0.15) is 12.2 Å². The first-order chi connectivity index (χ1) is 8.93. The molecule has 0 aliphatic rings. The highest BCUT2D eigenvalue weighted by atomic mass is 15.1. The molecule has 4 heteroatoms. The third-order valence-corrected chi connectivity index (χ3v) is 2.73. The summed E-state index contributed by atoms with van der Waals surface area (Å²) < 4.78 is 2.09. The molecular weight excluding hydrogens is 224 g/mol. The number of rotatable bonds is 3. The van der Waals surface area contributed by atoms with Crippen LogP contribution in [-0.2, 0) is 6.54 Å². The zero-order valence-corrected chi connectivity index (χ0v) is 9.77. The van der Waals surface area contributed by atoms with Crippen LogP contribution >= 0.6 is 0 Å². The van der Waals surface area contributed by atoms with Crippen LogP contribution in [-0.4, -0.2) is 19.5 Å². The van der Waals surface area contributed by atoms with Crippen molar-refractivity contribution in [1.82, 2.24) is 19.5 Å². The Morgan fingerprint density at radius 2 is 1.78 bits per heavy atom. The first kappa shape index (κ1) is 10.7. The normalized spacial score (nSPS) is 10.4. The maximum atomic E-state index is 4.37. The maximum absolute atomic E-state index is 4.37. The molecule has 0 atom stereocenters. The van der Waals surface area contributed by atoms with Crippen LogP contribution < -0.4 is 0 Å². The molecule has 0 spiro atoms. The Morgan fingerprint density at radius 1 is 1.00 bits per heavy atom. The van der Waals surface area contributed by atoms with Crippen molar-refractivity contribution in [2.75, 3.05) is 0 Å². The van der Waals surface area contributed by atoms with E-state index in [2.05, 4.69) is 31.7 Å². The first-order valence-electron chi connectivity index (χ1n) is 5.74. The number of aromatic nitrogens is 4. The van der Waals surface area contributed by atoms with Gasteiger partial charge in [-0.1, -0.05) is 30.3 Å². The minimum Gasteiger partial charge on any atom is -0.326 e. The Bertz CT molecular complexity index is 617. The van der Waals surface area contributed by atoms with Crippen molar-refractivity contribution in [1.29, 1.82) is 0 Å². The minimum atomic E-state index is 0.797. The van der Waals surface area contributed by atoms with Crippen molar-refractivity contribution >= 4 is 0 Å². The van der Waals surface area contributed by atoms with Gasteiger partial charge in [-0.15, -0.1) is 0 Å². The predicted molar refractivity (Wildman–Crippen MR) is 68.8 cm³/mol. The van der Waals surface area contributed by atoms with Crippen molar-refractivity contribution in [2.45, 2.75) is 6.54 Å². The summed E-state index contributed by atoms with van der Waals surface area (Å²) in [6.07, 6.45) is 8.84. The van der Waals surface area contributed by atoms with E-state index in [-0.39, 0.29) is 0 Å². The summed E-state index contributed by atoms with van der Waals surface area (Å²) >= 11 is 0. The van der Waals surface area contributed by atoms with E-state index in [0.717, 1.165) is 17.9 Å². The Labute approximate surface area is 105 Å². The minimum absolute atomic E-state index is 0.797. The zero-order chi connectivity index (χ0) is 12.2. The van der Waals surface area contributed by atoms with Crippen molar-refractivity contribution in [3.8, 4) is 11.4 Å². The Balaban J connectivity index is 1.93. The van der Waals surface area contributed by atoms with Crippen LogP contribution in [0, 0.1) is 0 Å². The van der Waals surface area contributed by atoms with Crippen LogP contribution in [0.4, 0.5) is 0 Å². The Morgan fingerprint density at radius 3 is 2.56 bits per heavy atom. The lowest BCUT2D eigenvalue weighted by Gasteiger charge is -2.07. The second-order valence-electron chi connectivity index (χ2n) is 3.99. The Hall–Kier alpha value is -2.49. The molecule has 2 aromatic heterocycles. The molecule has 4 nitrogen and oxygen atoms in total. The fourth-order valence-electron chi connectivity index (χ4n) is 1.89. The summed E-state index contributed by atoms with van der Waals surface area (Å²) in [6.45, 7) is 0.797. The standard InChI is InChI=1S/C14H12N4/c1-2-4-12(5-3-1)10-18-7-6-17-14(18)13-8-15-11-16-9-13/h1-9,11H,10H2. The quantitative estimate of drug-likeness (QED) is 0.701.